The standard InChI is InChI=1S/C9H12N2/c1-2-10-11-8-9-6-4-3-5-7-9/h2-7,11H,8H2,1H3/b10-2-. The summed E-state index contributed by atoms with van der Waals surface area (Å²) < 4.78 is 0. The molecule has 0 fully saturated rings. The molecule has 0 aliphatic carbocycles. The first kappa shape index (κ1) is 7.79. The average Bonchev–Trinajstić information content (AvgIpc) is 2.07. The normalized spacial score (nSPS) is 10.3. The SMILES string of the molecule is C/C=N\NCc1ccccc1. The molecule has 0 amide bonds. The van der Waals surface area contributed by atoms with Gasteiger partial charge in [0, 0.05) is 6.21 Å². The van der Waals surface area contributed by atoms with Crippen molar-refractivity contribution in [2.24, 2.45) is 5.10 Å². The second-order valence-electron chi connectivity index (χ2n) is 2.21. The van der Waals surface area contributed by atoms with Gasteiger partial charge in [0.1, 0.15) is 0 Å². The number of hydrogen-bond donors (Lipinski definition) is 1. The maximum Gasteiger partial charge on any atom is 0.0579 e. The van der Waals surface area contributed by atoms with Gasteiger partial charge < -0.3 is 5.43 Å². The fourth-order valence-corrected chi connectivity index (χ4v) is 0.824. The number of benzene rings is 1. The van der Waals surface area contributed by atoms with Crippen molar-refractivity contribution in [2.75, 3.05) is 0 Å². The fourth-order valence-electron chi connectivity index (χ4n) is 0.824. The van der Waals surface area contributed by atoms with E-state index in [-0.39, 0.29) is 0 Å². The third-order valence-electron chi connectivity index (χ3n) is 1.35. The molecule has 11 heavy (non-hydrogen) atoms. The van der Waals surface area contributed by atoms with E-state index in [1.807, 2.05) is 25.1 Å². The first-order valence-corrected chi connectivity index (χ1v) is 3.68. The van der Waals surface area contributed by atoms with Gasteiger partial charge in [0.25, 0.3) is 0 Å². The van der Waals surface area contributed by atoms with Gasteiger partial charge in [-0.05, 0) is 12.5 Å². The Morgan fingerprint density at radius 2 is 2.09 bits per heavy atom. The summed E-state index contributed by atoms with van der Waals surface area (Å²) in [6.45, 7) is 2.68. The number of nitrogens with one attached hydrogen (secondary N) is 1. The molecule has 0 saturated heterocycles. The summed E-state index contributed by atoms with van der Waals surface area (Å²) in [5, 5.41) is 3.89. The lowest BCUT2D eigenvalue weighted by atomic mass is 10.2. The molecule has 1 aromatic rings. The minimum atomic E-state index is 0.797. The Morgan fingerprint density at radius 3 is 2.73 bits per heavy atom. The van der Waals surface area contributed by atoms with Crippen molar-refractivity contribution in [1.82, 2.24) is 5.43 Å². The van der Waals surface area contributed by atoms with E-state index in [4.69, 9.17) is 0 Å². The highest BCUT2D eigenvalue weighted by molar-refractivity contribution is 5.52. The lowest BCUT2D eigenvalue weighted by Gasteiger charge is -1.98. The maximum atomic E-state index is 3.89. The molecule has 1 N–H and O–H groups in total. The summed E-state index contributed by atoms with van der Waals surface area (Å²) >= 11 is 0. The van der Waals surface area contributed by atoms with Gasteiger partial charge in [0.2, 0.25) is 0 Å². The average molecular weight is 148 g/mol. The van der Waals surface area contributed by atoms with Crippen LogP contribution in [-0.2, 0) is 6.54 Å². The lowest BCUT2D eigenvalue weighted by molar-refractivity contribution is 0.747. The molecule has 1 aromatic carbocycles. The molecule has 0 saturated carbocycles. The lowest BCUT2D eigenvalue weighted by Crippen LogP contribution is -2.04. The van der Waals surface area contributed by atoms with Crippen LogP contribution in [0.3, 0.4) is 0 Å². The molecule has 0 aliphatic rings. The quantitative estimate of drug-likeness (QED) is 0.513. The van der Waals surface area contributed by atoms with Gasteiger partial charge in [-0.3, -0.25) is 0 Å². The number of rotatable bonds is 3. The molecule has 0 atom stereocenters. The van der Waals surface area contributed by atoms with Crippen LogP contribution >= 0.6 is 0 Å². The van der Waals surface area contributed by atoms with Crippen molar-refractivity contribution in [3.05, 3.63) is 35.9 Å². The molecule has 2 heteroatoms. The Morgan fingerprint density at radius 1 is 1.36 bits per heavy atom. The third kappa shape index (κ3) is 2.85. The second kappa shape index (κ2) is 4.50. The summed E-state index contributed by atoms with van der Waals surface area (Å²) in [7, 11) is 0. The van der Waals surface area contributed by atoms with E-state index in [1.165, 1.54) is 5.56 Å². The number of nitrogens with zero attached hydrogens (tertiary/aromatic N) is 1. The zero-order valence-electron chi connectivity index (χ0n) is 6.62. The topological polar surface area (TPSA) is 24.4 Å². The first-order valence-electron chi connectivity index (χ1n) is 3.68. The van der Waals surface area contributed by atoms with Crippen LogP contribution in [0.5, 0.6) is 0 Å². The van der Waals surface area contributed by atoms with Crippen molar-refractivity contribution in [3.8, 4) is 0 Å². The van der Waals surface area contributed by atoms with Crippen LogP contribution in [0, 0.1) is 0 Å². The van der Waals surface area contributed by atoms with Crippen LogP contribution in [0.25, 0.3) is 0 Å². The van der Waals surface area contributed by atoms with Gasteiger partial charge in [0.15, 0.2) is 0 Å². The van der Waals surface area contributed by atoms with E-state index < -0.39 is 0 Å². The Hall–Kier alpha value is -1.31. The van der Waals surface area contributed by atoms with E-state index >= 15 is 0 Å². The van der Waals surface area contributed by atoms with Crippen molar-refractivity contribution < 1.29 is 0 Å². The summed E-state index contributed by atoms with van der Waals surface area (Å²) in [4.78, 5) is 0. The van der Waals surface area contributed by atoms with E-state index in [0.29, 0.717) is 0 Å². The molecule has 0 aromatic heterocycles. The third-order valence-corrected chi connectivity index (χ3v) is 1.35. The van der Waals surface area contributed by atoms with Crippen LogP contribution in [0.15, 0.2) is 35.4 Å². The minimum Gasteiger partial charge on any atom is -0.306 e. The highest BCUT2D eigenvalue weighted by Gasteiger charge is 1.85. The van der Waals surface area contributed by atoms with Gasteiger partial charge in [-0.15, -0.1) is 0 Å². The maximum absolute atomic E-state index is 3.89. The van der Waals surface area contributed by atoms with Crippen LogP contribution in [-0.4, -0.2) is 6.21 Å². The van der Waals surface area contributed by atoms with Crippen LogP contribution in [0.1, 0.15) is 12.5 Å². The Balaban J connectivity index is 2.39. The second-order valence-corrected chi connectivity index (χ2v) is 2.21. The van der Waals surface area contributed by atoms with Crippen LogP contribution < -0.4 is 5.43 Å². The van der Waals surface area contributed by atoms with Gasteiger partial charge in [-0.2, -0.15) is 5.10 Å². The van der Waals surface area contributed by atoms with Gasteiger partial charge >= 0.3 is 0 Å². The molecule has 2 nitrogen and oxygen atoms in total. The molecule has 0 bridgehead atoms. The predicted molar refractivity (Wildman–Crippen MR) is 47.4 cm³/mol. The highest BCUT2D eigenvalue weighted by atomic mass is 15.3. The minimum absolute atomic E-state index is 0.797. The van der Waals surface area contributed by atoms with Crippen molar-refractivity contribution in [2.45, 2.75) is 13.5 Å². The smallest absolute Gasteiger partial charge is 0.0579 e. The van der Waals surface area contributed by atoms with E-state index in [1.54, 1.807) is 6.21 Å². The molecule has 0 heterocycles. The van der Waals surface area contributed by atoms with E-state index in [9.17, 15) is 0 Å². The van der Waals surface area contributed by atoms with Gasteiger partial charge in [-0.1, -0.05) is 30.3 Å². The molecular formula is C9H12N2. The molecule has 0 spiro atoms. The van der Waals surface area contributed by atoms with Crippen LogP contribution in [0.2, 0.25) is 0 Å². The summed E-state index contributed by atoms with van der Waals surface area (Å²) in [6, 6.07) is 10.2. The first-order chi connectivity index (χ1) is 5.43. The Bertz CT molecular complexity index is 216. The predicted octanol–water partition coefficient (Wildman–Crippen LogP) is 1.78. The van der Waals surface area contributed by atoms with Gasteiger partial charge in [-0.25, -0.2) is 0 Å². The molecular weight excluding hydrogens is 136 g/mol. The summed E-state index contributed by atoms with van der Waals surface area (Å²) in [6.07, 6.45) is 1.74. The largest absolute Gasteiger partial charge is 0.306 e. The monoisotopic (exact) mass is 148 g/mol. The Kier molecular flexibility index (Phi) is 3.19. The molecule has 0 unspecified atom stereocenters. The highest BCUT2D eigenvalue weighted by Crippen LogP contribution is 1.96. The molecule has 1 rings (SSSR count). The van der Waals surface area contributed by atoms with Crippen molar-refractivity contribution in [3.63, 3.8) is 0 Å². The van der Waals surface area contributed by atoms with Gasteiger partial charge in [0.05, 0.1) is 6.54 Å². The van der Waals surface area contributed by atoms with Crippen molar-refractivity contribution >= 4 is 6.21 Å². The zero-order valence-corrected chi connectivity index (χ0v) is 6.62. The fraction of sp³-hybridized carbons (Fsp3) is 0.222. The zero-order chi connectivity index (χ0) is 7.94. The molecule has 58 valence electrons. The number of hydrazone groups is 1. The summed E-state index contributed by atoms with van der Waals surface area (Å²) in [5.74, 6) is 0. The Labute approximate surface area is 66.9 Å². The molecule has 0 aliphatic heterocycles. The summed E-state index contributed by atoms with van der Waals surface area (Å²) in [5.41, 5.74) is 4.17. The van der Waals surface area contributed by atoms with Crippen molar-refractivity contribution in [1.29, 1.82) is 0 Å². The van der Waals surface area contributed by atoms with E-state index in [2.05, 4.69) is 22.7 Å². The van der Waals surface area contributed by atoms with E-state index in [0.717, 1.165) is 6.54 Å². The number of hydrogen-bond acceptors (Lipinski definition) is 2. The van der Waals surface area contributed by atoms with Crippen LogP contribution in [0.4, 0.5) is 0 Å². The molecule has 0 radical (unpaired) electrons.